The minimum absolute atomic E-state index is 0.00167. The van der Waals surface area contributed by atoms with Gasteiger partial charge >= 0.3 is 5.97 Å². The van der Waals surface area contributed by atoms with Crippen molar-refractivity contribution in [1.82, 2.24) is 0 Å². The first kappa shape index (κ1) is 16.4. The summed E-state index contributed by atoms with van der Waals surface area (Å²) in [6.07, 6.45) is 0.492. The SMILES string of the molecule is C/C=C/[C@H]1OC(=O)C[C@@H](O[C@H]2C[C@@H](O)[C@H](O)[C@@H](C)O2)[C@@H]1C. The summed E-state index contributed by atoms with van der Waals surface area (Å²) in [7, 11) is 0. The molecule has 0 saturated carbocycles. The Morgan fingerprint density at radius 3 is 2.67 bits per heavy atom. The zero-order valence-corrected chi connectivity index (χ0v) is 12.6. The van der Waals surface area contributed by atoms with Gasteiger partial charge in [-0.2, -0.15) is 0 Å². The number of carbonyl (C=O) groups excluding carboxylic acids is 1. The van der Waals surface area contributed by atoms with Gasteiger partial charge in [0.2, 0.25) is 0 Å². The third-order valence-corrected chi connectivity index (χ3v) is 4.12. The van der Waals surface area contributed by atoms with Gasteiger partial charge in [-0.05, 0) is 19.9 Å². The van der Waals surface area contributed by atoms with E-state index in [9.17, 15) is 15.0 Å². The van der Waals surface area contributed by atoms with Crippen LogP contribution in [0.1, 0.15) is 33.6 Å². The molecule has 6 nitrogen and oxygen atoms in total. The molecule has 2 aliphatic heterocycles. The molecule has 2 rings (SSSR count). The zero-order chi connectivity index (χ0) is 15.6. The van der Waals surface area contributed by atoms with E-state index >= 15 is 0 Å². The van der Waals surface area contributed by atoms with Gasteiger partial charge in [-0.25, -0.2) is 0 Å². The number of ether oxygens (including phenoxy) is 3. The van der Waals surface area contributed by atoms with Crippen LogP contribution in [0, 0.1) is 5.92 Å². The van der Waals surface area contributed by atoms with Crippen molar-refractivity contribution < 1.29 is 29.2 Å². The van der Waals surface area contributed by atoms with Gasteiger partial charge in [-0.15, -0.1) is 0 Å². The molecule has 0 unspecified atom stereocenters. The Balaban J connectivity index is 1.99. The molecule has 0 amide bonds. The molecule has 0 bridgehead atoms. The first-order chi connectivity index (χ1) is 9.92. The van der Waals surface area contributed by atoms with Gasteiger partial charge in [0.15, 0.2) is 6.29 Å². The van der Waals surface area contributed by atoms with Crippen molar-refractivity contribution in [3.63, 3.8) is 0 Å². The van der Waals surface area contributed by atoms with Crippen molar-refractivity contribution in [3.8, 4) is 0 Å². The Kier molecular flexibility index (Phi) is 5.37. The minimum Gasteiger partial charge on any atom is -0.458 e. The quantitative estimate of drug-likeness (QED) is 0.591. The predicted octanol–water partition coefficient (Wildman–Crippen LogP) is 0.756. The fraction of sp³-hybridized carbons (Fsp3) is 0.800. The van der Waals surface area contributed by atoms with E-state index in [1.54, 1.807) is 6.92 Å². The highest BCUT2D eigenvalue weighted by molar-refractivity contribution is 5.71. The maximum absolute atomic E-state index is 11.7. The lowest BCUT2D eigenvalue weighted by atomic mass is 9.92. The molecule has 2 heterocycles. The van der Waals surface area contributed by atoms with E-state index in [1.165, 1.54) is 0 Å². The van der Waals surface area contributed by atoms with Crippen LogP contribution in [0.15, 0.2) is 12.2 Å². The topological polar surface area (TPSA) is 85.2 Å². The summed E-state index contributed by atoms with van der Waals surface area (Å²) < 4.78 is 16.7. The largest absolute Gasteiger partial charge is 0.458 e. The third kappa shape index (κ3) is 3.83. The third-order valence-electron chi connectivity index (χ3n) is 4.12. The van der Waals surface area contributed by atoms with Crippen LogP contribution < -0.4 is 0 Å². The normalized spacial score (nSPS) is 44.8. The number of aliphatic hydroxyl groups is 2. The van der Waals surface area contributed by atoms with Crippen LogP contribution in [0.25, 0.3) is 0 Å². The number of hydrogen-bond donors (Lipinski definition) is 2. The van der Waals surface area contributed by atoms with Crippen molar-refractivity contribution in [2.75, 3.05) is 0 Å². The van der Waals surface area contributed by atoms with E-state index in [4.69, 9.17) is 14.2 Å². The second kappa shape index (κ2) is 6.87. The van der Waals surface area contributed by atoms with Crippen molar-refractivity contribution in [1.29, 1.82) is 0 Å². The molecule has 120 valence electrons. The van der Waals surface area contributed by atoms with Crippen molar-refractivity contribution in [2.24, 2.45) is 5.92 Å². The number of cyclic esters (lactones) is 1. The summed E-state index contributed by atoms with van der Waals surface area (Å²) in [6.45, 7) is 5.51. The van der Waals surface area contributed by atoms with Gasteiger partial charge in [-0.3, -0.25) is 4.79 Å². The summed E-state index contributed by atoms with van der Waals surface area (Å²) in [6, 6.07) is 0. The van der Waals surface area contributed by atoms with Gasteiger partial charge in [0.05, 0.1) is 24.7 Å². The summed E-state index contributed by atoms with van der Waals surface area (Å²) in [4.78, 5) is 11.7. The molecule has 7 atom stereocenters. The van der Waals surface area contributed by atoms with Gasteiger partial charge in [-0.1, -0.05) is 13.0 Å². The molecule has 2 fully saturated rings. The maximum atomic E-state index is 11.7. The van der Waals surface area contributed by atoms with Gasteiger partial charge in [0, 0.05) is 12.3 Å². The van der Waals surface area contributed by atoms with Gasteiger partial charge in [0.1, 0.15) is 12.2 Å². The predicted molar refractivity (Wildman–Crippen MR) is 74.3 cm³/mol. The summed E-state index contributed by atoms with van der Waals surface area (Å²) in [5.74, 6) is -0.299. The van der Waals surface area contributed by atoms with Crippen LogP contribution in [0.4, 0.5) is 0 Å². The van der Waals surface area contributed by atoms with Crippen molar-refractivity contribution in [2.45, 2.75) is 70.4 Å². The number of esters is 1. The lowest BCUT2D eigenvalue weighted by molar-refractivity contribution is -0.270. The Labute approximate surface area is 124 Å². The molecule has 21 heavy (non-hydrogen) atoms. The van der Waals surface area contributed by atoms with Gasteiger partial charge < -0.3 is 24.4 Å². The van der Waals surface area contributed by atoms with E-state index in [0.717, 1.165) is 0 Å². The number of carbonyl (C=O) groups is 1. The Morgan fingerprint density at radius 1 is 1.33 bits per heavy atom. The average Bonchev–Trinajstić information content (AvgIpc) is 2.41. The van der Waals surface area contributed by atoms with Crippen LogP contribution in [-0.4, -0.2) is 53.0 Å². The highest BCUT2D eigenvalue weighted by Crippen LogP contribution is 2.29. The fourth-order valence-electron chi connectivity index (χ4n) is 2.75. The number of hydrogen-bond acceptors (Lipinski definition) is 6. The Bertz CT molecular complexity index is 384. The minimum atomic E-state index is -0.908. The molecule has 0 aliphatic carbocycles. The summed E-state index contributed by atoms with van der Waals surface area (Å²) >= 11 is 0. The van der Waals surface area contributed by atoms with Crippen molar-refractivity contribution in [3.05, 3.63) is 12.2 Å². The molecule has 6 heteroatoms. The van der Waals surface area contributed by atoms with Crippen LogP contribution in [0.3, 0.4) is 0 Å². The number of allylic oxidation sites excluding steroid dienone is 1. The molecule has 2 saturated heterocycles. The highest BCUT2D eigenvalue weighted by atomic mass is 16.7. The van der Waals surface area contributed by atoms with Gasteiger partial charge in [0.25, 0.3) is 0 Å². The maximum Gasteiger partial charge on any atom is 0.309 e. The Morgan fingerprint density at radius 2 is 2.05 bits per heavy atom. The standard InChI is InChI=1S/C15H24O6/c1-4-5-11-8(2)12(7-13(17)20-11)21-14-6-10(16)15(18)9(3)19-14/h4-5,8-12,14-16,18H,6-7H2,1-3H3/b5-4+/t8-,9-,10-,11-,12-,14+,15-/m1/s1. The summed E-state index contributed by atoms with van der Waals surface area (Å²) in [5.41, 5.74) is 0. The molecule has 0 spiro atoms. The first-order valence-electron chi connectivity index (χ1n) is 7.41. The lowest BCUT2D eigenvalue weighted by Crippen LogP contribution is -2.50. The molecular formula is C15H24O6. The van der Waals surface area contributed by atoms with Crippen molar-refractivity contribution >= 4 is 5.97 Å². The van der Waals surface area contributed by atoms with Crippen LogP contribution in [0.2, 0.25) is 0 Å². The Hall–Kier alpha value is -0.950. The lowest BCUT2D eigenvalue weighted by Gasteiger charge is -2.40. The van der Waals surface area contributed by atoms with E-state index in [0.29, 0.717) is 0 Å². The smallest absolute Gasteiger partial charge is 0.309 e. The molecule has 2 aliphatic rings. The second-order valence-corrected chi connectivity index (χ2v) is 5.78. The zero-order valence-electron chi connectivity index (χ0n) is 12.6. The van der Waals surface area contributed by atoms with Crippen LogP contribution in [0.5, 0.6) is 0 Å². The molecule has 0 aromatic carbocycles. The summed E-state index contributed by atoms with van der Waals surface area (Å²) in [5, 5.41) is 19.5. The highest BCUT2D eigenvalue weighted by Gasteiger charge is 2.40. The number of rotatable bonds is 3. The molecule has 0 radical (unpaired) electrons. The van der Waals surface area contributed by atoms with E-state index in [-0.39, 0.29) is 36.9 Å². The molecule has 0 aromatic heterocycles. The molecule has 0 aromatic rings. The monoisotopic (exact) mass is 300 g/mol. The molecule has 2 N–H and O–H groups in total. The molecular weight excluding hydrogens is 276 g/mol. The number of aliphatic hydroxyl groups excluding tert-OH is 2. The van der Waals surface area contributed by atoms with E-state index < -0.39 is 24.6 Å². The van der Waals surface area contributed by atoms with E-state index in [2.05, 4.69) is 0 Å². The first-order valence-corrected chi connectivity index (χ1v) is 7.41. The van der Waals surface area contributed by atoms with E-state index in [1.807, 2.05) is 26.0 Å². The van der Waals surface area contributed by atoms with Crippen LogP contribution in [-0.2, 0) is 19.0 Å². The second-order valence-electron chi connectivity index (χ2n) is 5.78. The average molecular weight is 300 g/mol. The fourth-order valence-corrected chi connectivity index (χ4v) is 2.75. The van der Waals surface area contributed by atoms with Crippen LogP contribution >= 0.6 is 0 Å².